The van der Waals surface area contributed by atoms with Crippen LogP contribution in [-0.4, -0.2) is 4.98 Å². The average molecular weight is 240 g/mol. The third-order valence-electron chi connectivity index (χ3n) is 2.80. The van der Waals surface area contributed by atoms with E-state index in [0.29, 0.717) is 6.54 Å². The maximum absolute atomic E-state index is 5.65. The number of fused-ring (bicyclic) bond motifs is 1. The van der Waals surface area contributed by atoms with Crippen LogP contribution in [0.4, 0.5) is 0 Å². The summed E-state index contributed by atoms with van der Waals surface area (Å²) < 4.78 is 0. The van der Waals surface area contributed by atoms with Crippen LogP contribution in [0.3, 0.4) is 0 Å². The van der Waals surface area contributed by atoms with Gasteiger partial charge in [0.2, 0.25) is 0 Å². The fourth-order valence-corrected chi connectivity index (χ4v) is 2.86. The summed E-state index contributed by atoms with van der Waals surface area (Å²) in [6.45, 7) is 0.600. The number of benzene rings is 1. The molecule has 0 fully saturated rings. The van der Waals surface area contributed by atoms with Gasteiger partial charge in [0.05, 0.1) is 0 Å². The monoisotopic (exact) mass is 240 g/mol. The largest absolute Gasteiger partial charge is 0.326 e. The van der Waals surface area contributed by atoms with Crippen LogP contribution in [-0.2, 0) is 6.54 Å². The number of rotatable bonds is 2. The summed E-state index contributed by atoms with van der Waals surface area (Å²) in [4.78, 5) is 6.73. The second kappa shape index (κ2) is 4.28. The molecule has 0 aliphatic heterocycles. The van der Waals surface area contributed by atoms with Crippen LogP contribution in [0, 0.1) is 0 Å². The molecule has 3 aromatic rings. The third-order valence-corrected chi connectivity index (χ3v) is 3.94. The minimum atomic E-state index is 0.600. The molecule has 2 aromatic heterocycles. The summed E-state index contributed by atoms with van der Waals surface area (Å²) in [6, 6.07) is 12.5. The maximum Gasteiger partial charge on any atom is 0.0367 e. The van der Waals surface area contributed by atoms with Gasteiger partial charge >= 0.3 is 0 Å². The van der Waals surface area contributed by atoms with E-state index in [1.54, 1.807) is 11.3 Å². The van der Waals surface area contributed by atoms with E-state index in [1.165, 1.54) is 26.1 Å². The van der Waals surface area contributed by atoms with Gasteiger partial charge in [0.25, 0.3) is 0 Å². The Hall–Kier alpha value is -1.71. The van der Waals surface area contributed by atoms with Gasteiger partial charge < -0.3 is 5.73 Å². The molecule has 2 N–H and O–H groups in total. The highest BCUT2D eigenvalue weighted by Crippen LogP contribution is 2.32. The maximum atomic E-state index is 5.65. The first kappa shape index (κ1) is 10.4. The Morgan fingerprint density at radius 2 is 1.94 bits per heavy atom. The Balaban J connectivity index is 2.23. The number of hydrogen-bond acceptors (Lipinski definition) is 3. The summed E-state index contributed by atoms with van der Waals surface area (Å²) in [5.41, 5.74) is 6.84. The first-order chi connectivity index (χ1) is 8.38. The lowest BCUT2D eigenvalue weighted by Gasteiger charge is -2.03. The van der Waals surface area contributed by atoms with Crippen molar-refractivity contribution in [2.45, 2.75) is 6.54 Å². The fourth-order valence-electron chi connectivity index (χ4n) is 1.95. The molecule has 0 radical (unpaired) electrons. The van der Waals surface area contributed by atoms with E-state index in [4.69, 9.17) is 5.73 Å². The Bertz CT molecular complexity index is 653. The summed E-state index contributed by atoms with van der Waals surface area (Å²) >= 11 is 1.74. The molecule has 0 aliphatic carbocycles. The molecule has 0 saturated carbocycles. The number of pyridine rings is 1. The van der Waals surface area contributed by atoms with E-state index in [0.717, 1.165) is 0 Å². The van der Waals surface area contributed by atoms with Crippen molar-refractivity contribution in [3.63, 3.8) is 0 Å². The van der Waals surface area contributed by atoms with Gasteiger partial charge in [0.15, 0.2) is 0 Å². The lowest BCUT2D eigenvalue weighted by Crippen LogP contribution is -1.91. The molecule has 84 valence electrons. The van der Waals surface area contributed by atoms with Crippen LogP contribution in [0.5, 0.6) is 0 Å². The highest BCUT2D eigenvalue weighted by molar-refractivity contribution is 7.15. The normalized spacial score (nSPS) is 10.9. The summed E-state index contributed by atoms with van der Waals surface area (Å²) in [6.07, 6.45) is 3.82. The molecule has 2 heterocycles. The van der Waals surface area contributed by atoms with E-state index < -0.39 is 0 Å². The lowest BCUT2D eigenvalue weighted by atomic mass is 10.1. The first-order valence-electron chi connectivity index (χ1n) is 5.50. The van der Waals surface area contributed by atoms with E-state index in [-0.39, 0.29) is 0 Å². The van der Waals surface area contributed by atoms with Gasteiger partial charge in [0, 0.05) is 39.6 Å². The average Bonchev–Trinajstić information content (AvgIpc) is 2.87. The van der Waals surface area contributed by atoms with E-state index in [9.17, 15) is 0 Å². The van der Waals surface area contributed by atoms with Crippen molar-refractivity contribution in [2.75, 3.05) is 0 Å². The molecule has 0 saturated heterocycles. The quantitative estimate of drug-likeness (QED) is 0.745. The Labute approximate surface area is 104 Å². The Morgan fingerprint density at radius 1 is 1.06 bits per heavy atom. The molecule has 0 amide bonds. The van der Waals surface area contributed by atoms with Gasteiger partial charge in [-0.05, 0) is 17.5 Å². The number of hydrogen-bond donors (Lipinski definition) is 1. The predicted octanol–water partition coefficient (Wildman–Crippen LogP) is 3.42. The second-order valence-corrected chi connectivity index (χ2v) is 5.05. The van der Waals surface area contributed by atoms with E-state index in [2.05, 4.69) is 35.3 Å². The molecule has 2 nitrogen and oxygen atoms in total. The molecule has 17 heavy (non-hydrogen) atoms. The van der Waals surface area contributed by atoms with Crippen molar-refractivity contribution >= 4 is 22.1 Å². The molecular formula is C14H12N2S. The summed E-state index contributed by atoms with van der Waals surface area (Å²) in [7, 11) is 0. The highest BCUT2D eigenvalue weighted by Gasteiger charge is 2.06. The third kappa shape index (κ3) is 1.84. The van der Waals surface area contributed by atoms with E-state index in [1.807, 2.05) is 18.5 Å². The van der Waals surface area contributed by atoms with Crippen LogP contribution >= 0.6 is 11.3 Å². The predicted molar refractivity (Wildman–Crippen MR) is 72.9 cm³/mol. The van der Waals surface area contributed by atoms with Crippen molar-refractivity contribution in [3.05, 3.63) is 53.7 Å². The number of nitrogens with two attached hydrogens (primary N) is 1. The first-order valence-corrected chi connectivity index (χ1v) is 6.32. The van der Waals surface area contributed by atoms with Gasteiger partial charge in [0.1, 0.15) is 0 Å². The van der Waals surface area contributed by atoms with Crippen molar-refractivity contribution in [1.82, 2.24) is 4.98 Å². The lowest BCUT2D eigenvalue weighted by molar-refractivity contribution is 1.11. The zero-order chi connectivity index (χ0) is 11.7. The van der Waals surface area contributed by atoms with Crippen molar-refractivity contribution in [2.24, 2.45) is 5.73 Å². The van der Waals surface area contributed by atoms with Crippen molar-refractivity contribution in [1.29, 1.82) is 0 Å². The SMILES string of the molecule is NCc1ccc(-c2cncc3ccccc23)s1. The topological polar surface area (TPSA) is 38.9 Å². The number of nitrogens with zero attached hydrogens (tertiary/aromatic N) is 1. The van der Waals surface area contributed by atoms with Gasteiger partial charge in [-0.3, -0.25) is 4.98 Å². The van der Waals surface area contributed by atoms with Gasteiger partial charge in [-0.25, -0.2) is 0 Å². The Kier molecular flexibility index (Phi) is 2.63. The minimum absolute atomic E-state index is 0.600. The zero-order valence-electron chi connectivity index (χ0n) is 9.26. The van der Waals surface area contributed by atoms with Gasteiger partial charge in [-0.15, -0.1) is 11.3 Å². The molecule has 0 spiro atoms. The second-order valence-electron chi connectivity index (χ2n) is 3.88. The zero-order valence-corrected chi connectivity index (χ0v) is 10.1. The minimum Gasteiger partial charge on any atom is -0.326 e. The molecule has 1 aromatic carbocycles. The van der Waals surface area contributed by atoms with Crippen molar-refractivity contribution in [3.8, 4) is 10.4 Å². The van der Waals surface area contributed by atoms with Crippen LogP contribution < -0.4 is 5.73 Å². The molecule has 0 unspecified atom stereocenters. The van der Waals surface area contributed by atoms with Crippen LogP contribution in [0.1, 0.15) is 4.88 Å². The van der Waals surface area contributed by atoms with Crippen LogP contribution in [0.15, 0.2) is 48.8 Å². The molecule has 3 heteroatoms. The molecule has 0 bridgehead atoms. The molecule has 0 atom stereocenters. The van der Waals surface area contributed by atoms with Gasteiger partial charge in [-0.1, -0.05) is 24.3 Å². The summed E-state index contributed by atoms with van der Waals surface area (Å²) in [5.74, 6) is 0. The standard InChI is InChI=1S/C14H12N2S/c15-7-11-5-6-14(17-11)13-9-16-8-10-3-1-2-4-12(10)13/h1-6,8-9H,7,15H2. The molecular weight excluding hydrogens is 228 g/mol. The molecule has 3 rings (SSSR count). The highest BCUT2D eigenvalue weighted by atomic mass is 32.1. The van der Waals surface area contributed by atoms with Crippen LogP contribution in [0.2, 0.25) is 0 Å². The van der Waals surface area contributed by atoms with Gasteiger partial charge in [-0.2, -0.15) is 0 Å². The Morgan fingerprint density at radius 3 is 2.76 bits per heavy atom. The fraction of sp³-hybridized carbons (Fsp3) is 0.0714. The smallest absolute Gasteiger partial charge is 0.0367 e. The van der Waals surface area contributed by atoms with Crippen LogP contribution in [0.25, 0.3) is 21.2 Å². The number of aromatic nitrogens is 1. The number of thiophene rings is 1. The van der Waals surface area contributed by atoms with E-state index >= 15 is 0 Å². The summed E-state index contributed by atoms with van der Waals surface area (Å²) in [5, 5.41) is 2.42. The molecule has 0 aliphatic rings. The van der Waals surface area contributed by atoms with Crippen molar-refractivity contribution < 1.29 is 0 Å².